The van der Waals surface area contributed by atoms with Crippen molar-refractivity contribution in [2.45, 2.75) is 51.9 Å². The smallest absolute Gasteiger partial charge is 0.263 e. The molecule has 1 amide bonds. The van der Waals surface area contributed by atoms with E-state index in [4.69, 9.17) is 4.74 Å². The predicted octanol–water partition coefficient (Wildman–Crippen LogP) is 2.87. The van der Waals surface area contributed by atoms with Crippen LogP contribution in [0.2, 0.25) is 0 Å². The largest absolute Gasteiger partial charge is 0.371 e. The molecule has 138 valence electrons. The fraction of sp³-hybridized carbons (Fsp3) is 0.429. The molecule has 0 saturated heterocycles. The molecular formula is C21H26N2O3. The highest BCUT2D eigenvalue weighted by molar-refractivity contribution is 5.95. The second-order valence-electron chi connectivity index (χ2n) is 7.05. The van der Waals surface area contributed by atoms with Crippen LogP contribution in [0.25, 0.3) is 0 Å². The summed E-state index contributed by atoms with van der Waals surface area (Å²) in [6.07, 6.45) is 2.78. The van der Waals surface area contributed by atoms with E-state index in [9.17, 15) is 9.59 Å². The third kappa shape index (κ3) is 3.88. The van der Waals surface area contributed by atoms with Crippen molar-refractivity contribution in [3.05, 3.63) is 69.1 Å². The summed E-state index contributed by atoms with van der Waals surface area (Å²) >= 11 is 0. The van der Waals surface area contributed by atoms with Crippen molar-refractivity contribution in [3.8, 4) is 0 Å². The molecule has 5 nitrogen and oxygen atoms in total. The first-order valence-electron chi connectivity index (χ1n) is 9.11. The van der Waals surface area contributed by atoms with Gasteiger partial charge in [0, 0.05) is 12.7 Å². The zero-order valence-corrected chi connectivity index (χ0v) is 15.6. The van der Waals surface area contributed by atoms with E-state index >= 15 is 0 Å². The Kier molecular flexibility index (Phi) is 5.57. The first kappa shape index (κ1) is 18.4. The Labute approximate surface area is 154 Å². The molecule has 1 aromatic carbocycles. The maximum Gasteiger partial charge on any atom is 0.263 e. The zero-order valence-electron chi connectivity index (χ0n) is 15.6. The monoisotopic (exact) mass is 354 g/mol. The Balaban J connectivity index is 1.69. The van der Waals surface area contributed by atoms with E-state index in [1.165, 1.54) is 4.57 Å². The van der Waals surface area contributed by atoms with E-state index < -0.39 is 0 Å². The number of aryl methyl sites for hydroxylation is 2. The van der Waals surface area contributed by atoms with Crippen molar-refractivity contribution < 1.29 is 9.53 Å². The van der Waals surface area contributed by atoms with Crippen LogP contribution < -0.4 is 10.9 Å². The van der Waals surface area contributed by atoms with E-state index in [1.807, 2.05) is 43.3 Å². The fourth-order valence-electron chi connectivity index (χ4n) is 3.56. The molecule has 1 N–H and O–H groups in total. The number of nitrogens with one attached hydrogen (secondary N) is 1. The molecule has 0 spiro atoms. The lowest BCUT2D eigenvalue weighted by molar-refractivity contribution is 0.0271. The van der Waals surface area contributed by atoms with Gasteiger partial charge in [-0.3, -0.25) is 9.59 Å². The van der Waals surface area contributed by atoms with Gasteiger partial charge in [-0.15, -0.1) is 0 Å². The van der Waals surface area contributed by atoms with Crippen LogP contribution in [-0.2, 0) is 18.4 Å². The molecule has 1 aromatic heterocycles. The van der Waals surface area contributed by atoms with E-state index in [0.29, 0.717) is 12.2 Å². The van der Waals surface area contributed by atoms with Gasteiger partial charge in [0.15, 0.2) is 0 Å². The zero-order chi connectivity index (χ0) is 18.7. The van der Waals surface area contributed by atoms with E-state index in [1.54, 1.807) is 14.0 Å². The molecule has 0 aliphatic heterocycles. The number of aromatic nitrogens is 1. The Morgan fingerprint density at radius 1 is 1.23 bits per heavy atom. The van der Waals surface area contributed by atoms with Crippen molar-refractivity contribution in [2.75, 3.05) is 0 Å². The number of pyridine rings is 1. The lowest BCUT2D eigenvalue weighted by atomic mass is 10.1. The minimum Gasteiger partial charge on any atom is -0.371 e. The highest BCUT2D eigenvalue weighted by Gasteiger charge is 2.30. The molecule has 1 heterocycles. The number of rotatable bonds is 5. The maximum atomic E-state index is 12.7. The normalized spacial score (nSPS) is 19.5. The van der Waals surface area contributed by atoms with Crippen LogP contribution in [-0.4, -0.2) is 22.6 Å². The van der Waals surface area contributed by atoms with Crippen LogP contribution in [0.15, 0.2) is 41.2 Å². The van der Waals surface area contributed by atoms with Gasteiger partial charge in [0.2, 0.25) is 0 Å². The summed E-state index contributed by atoms with van der Waals surface area (Å²) in [6.45, 7) is 4.20. The fourth-order valence-corrected chi connectivity index (χ4v) is 3.56. The second kappa shape index (κ2) is 7.87. The molecule has 3 rings (SSSR count). The predicted molar refractivity (Wildman–Crippen MR) is 101 cm³/mol. The van der Waals surface area contributed by atoms with Crippen molar-refractivity contribution in [1.82, 2.24) is 9.88 Å². The quantitative estimate of drug-likeness (QED) is 0.898. The summed E-state index contributed by atoms with van der Waals surface area (Å²) in [5.41, 5.74) is 2.65. The van der Waals surface area contributed by atoms with Gasteiger partial charge in [-0.2, -0.15) is 0 Å². The molecular weight excluding hydrogens is 328 g/mol. The highest BCUT2D eigenvalue weighted by atomic mass is 16.5. The number of ether oxygens (including phenoxy) is 1. The summed E-state index contributed by atoms with van der Waals surface area (Å²) in [7, 11) is 1.69. The lowest BCUT2D eigenvalue weighted by Gasteiger charge is -2.22. The van der Waals surface area contributed by atoms with Crippen LogP contribution in [0, 0.1) is 13.8 Å². The number of carbonyl (C=O) groups excluding carboxylic acids is 1. The third-order valence-electron chi connectivity index (χ3n) is 5.17. The van der Waals surface area contributed by atoms with Gasteiger partial charge in [-0.1, -0.05) is 30.3 Å². The van der Waals surface area contributed by atoms with E-state index in [0.717, 1.165) is 30.5 Å². The van der Waals surface area contributed by atoms with Crippen LogP contribution in [0.3, 0.4) is 0 Å². The molecule has 0 bridgehead atoms. The first-order chi connectivity index (χ1) is 12.5. The van der Waals surface area contributed by atoms with Crippen molar-refractivity contribution in [1.29, 1.82) is 0 Å². The minimum atomic E-state index is -0.302. The Bertz CT molecular complexity index is 842. The molecule has 2 atom stereocenters. The number of nitrogens with zero attached hydrogens (tertiary/aromatic N) is 1. The molecule has 1 aliphatic carbocycles. The van der Waals surface area contributed by atoms with E-state index in [-0.39, 0.29) is 29.2 Å². The average Bonchev–Trinajstić information content (AvgIpc) is 3.06. The first-order valence-corrected chi connectivity index (χ1v) is 9.11. The van der Waals surface area contributed by atoms with Gasteiger partial charge < -0.3 is 14.6 Å². The molecule has 2 aromatic rings. The molecule has 1 saturated carbocycles. The second-order valence-corrected chi connectivity index (χ2v) is 7.05. The Morgan fingerprint density at radius 2 is 1.96 bits per heavy atom. The molecule has 1 aliphatic rings. The topological polar surface area (TPSA) is 60.3 Å². The number of hydrogen-bond donors (Lipinski definition) is 1. The molecule has 1 fully saturated rings. The SMILES string of the molecule is Cc1cc(C)n(C)c(=O)c1C(=O)N[C@@H]1CCC[C@H]1OCc1ccccc1. The summed E-state index contributed by atoms with van der Waals surface area (Å²) in [6, 6.07) is 11.8. The number of carbonyl (C=O) groups is 1. The van der Waals surface area contributed by atoms with Crippen LogP contribution in [0.5, 0.6) is 0 Å². The molecule has 0 radical (unpaired) electrons. The van der Waals surface area contributed by atoms with Gasteiger partial charge >= 0.3 is 0 Å². The van der Waals surface area contributed by atoms with Crippen molar-refractivity contribution in [3.63, 3.8) is 0 Å². The van der Waals surface area contributed by atoms with Crippen LogP contribution in [0.4, 0.5) is 0 Å². The van der Waals surface area contributed by atoms with Gasteiger partial charge in [-0.05, 0) is 50.3 Å². The van der Waals surface area contributed by atoms with Gasteiger partial charge in [0.25, 0.3) is 11.5 Å². The maximum absolute atomic E-state index is 12.7. The summed E-state index contributed by atoms with van der Waals surface area (Å²) in [5, 5.41) is 3.03. The average molecular weight is 354 g/mol. The molecule has 26 heavy (non-hydrogen) atoms. The standard InChI is InChI=1S/C21H26N2O3/c1-14-12-15(2)23(3)21(25)19(14)20(24)22-17-10-7-11-18(17)26-13-16-8-5-4-6-9-16/h4-6,8-9,12,17-18H,7,10-11,13H2,1-3H3,(H,22,24)/t17-,18-/m1/s1. The van der Waals surface area contributed by atoms with E-state index in [2.05, 4.69) is 5.32 Å². The minimum absolute atomic E-state index is 0.0197. The Hall–Kier alpha value is -2.40. The summed E-state index contributed by atoms with van der Waals surface area (Å²) in [5.74, 6) is -0.302. The van der Waals surface area contributed by atoms with Gasteiger partial charge in [0.1, 0.15) is 5.56 Å². The van der Waals surface area contributed by atoms with Crippen LogP contribution >= 0.6 is 0 Å². The summed E-state index contributed by atoms with van der Waals surface area (Å²) in [4.78, 5) is 25.2. The van der Waals surface area contributed by atoms with Crippen molar-refractivity contribution in [2.24, 2.45) is 7.05 Å². The molecule has 0 unspecified atom stereocenters. The Morgan fingerprint density at radius 3 is 2.69 bits per heavy atom. The molecule has 5 heteroatoms. The van der Waals surface area contributed by atoms with Crippen molar-refractivity contribution >= 4 is 5.91 Å². The van der Waals surface area contributed by atoms with Gasteiger partial charge in [0.05, 0.1) is 18.8 Å². The summed E-state index contributed by atoms with van der Waals surface area (Å²) < 4.78 is 7.56. The number of amides is 1. The number of hydrogen-bond acceptors (Lipinski definition) is 3. The number of benzene rings is 1. The van der Waals surface area contributed by atoms with Gasteiger partial charge in [-0.25, -0.2) is 0 Å². The lowest BCUT2D eigenvalue weighted by Crippen LogP contribution is -2.43. The van der Waals surface area contributed by atoms with Crippen LogP contribution in [0.1, 0.15) is 46.4 Å². The third-order valence-corrected chi connectivity index (χ3v) is 5.17. The highest BCUT2D eigenvalue weighted by Crippen LogP contribution is 2.23.